The maximum absolute atomic E-state index is 11.5. The number of carbonyl (C=O) groups excluding carboxylic acids is 1. The van der Waals surface area contributed by atoms with Crippen molar-refractivity contribution in [3.05, 3.63) is 29.6 Å². The third-order valence-electron chi connectivity index (χ3n) is 4.82. The minimum Gasteiger partial charge on any atom is -0.340 e. The summed E-state index contributed by atoms with van der Waals surface area (Å²) in [6.45, 7) is 12.1. The summed E-state index contributed by atoms with van der Waals surface area (Å²) in [6.07, 6.45) is 0. The molecule has 1 amide bonds. The number of hydrogen-bond acceptors (Lipinski definition) is 3. The number of rotatable bonds is 1. The average molecular weight is 287 g/mol. The first-order valence-corrected chi connectivity index (χ1v) is 7.84. The van der Waals surface area contributed by atoms with Gasteiger partial charge in [0, 0.05) is 44.7 Å². The van der Waals surface area contributed by atoms with E-state index >= 15 is 0 Å². The highest BCUT2D eigenvalue weighted by Gasteiger charge is 2.44. The Morgan fingerprint density at radius 1 is 1.14 bits per heavy atom. The van der Waals surface area contributed by atoms with Crippen LogP contribution >= 0.6 is 0 Å². The molecule has 4 heteroatoms. The van der Waals surface area contributed by atoms with Crippen LogP contribution in [-0.4, -0.2) is 46.9 Å². The largest absolute Gasteiger partial charge is 0.340 e. The molecule has 3 heterocycles. The van der Waals surface area contributed by atoms with Gasteiger partial charge in [-0.05, 0) is 17.5 Å². The molecule has 2 atom stereocenters. The summed E-state index contributed by atoms with van der Waals surface area (Å²) in [7, 11) is 0. The molecule has 0 spiro atoms. The molecule has 0 radical (unpaired) electrons. The third-order valence-corrected chi connectivity index (χ3v) is 4.82. The van der Waals surface area contributed by atoms with Crippen LogP contribution in [0.1, 0.15) is 51.0 Å². The summed E-state index contributed by atoms with van der Waals surface area (Å²) in [5.41, 5.74) is 2.61. The second kappa shape index (κ2) is 5.09. The molecule has 0 saturated carbocycles. The number of pyridine rings is 1. The zero-order valence-corrected chi connectivity index (χ0v) is 13.5. The topological polar surface area (TPSA) is 36.4 Å². The average Bonchev–Trinajstić information content (AvgIpc) is 2.69. The summed E-state index contributed by atoms with van der Waals surface area (Å²) in [4.78, 5) is 20.8. The molecule has 1 saturated heterocycles. The fourth-order valence-electron chi connectivity index (χ4n) is 3.77. The summed E-state index contributed by atoms with van der Waals surface area (Å²) in [5.74, 6) is 0.624. The molecule has 3 rings (SSSR count). The molecule has 2 aliphatic rings. The van der Waals surface area contributed by atoms with Crippen LogP contribution in [0.4, 0.5) is 0 Å². The Kier molecular flexibility index (Phi) is 3.52. The Balaban J connectivity index is 1.82. The number of piperazine rings is 1. The summed E-state index contributed by atoms with van der Waals surface area (Å²) < 4.78 is 0. The number of nitrogens with zero attached hydrogens (tertiary/aromatic N) is 3. The van der Waals surface area contributed by atoms with Crippen LogP contribution in [0.5, 0.6) is 0 Å². The lowest BCUT2D eigenvalue weighted by atomic mass is 9.74. The van der Waals surface area contributed by atoms with E-state index in [0.29, 0.717) is 12.0 Å². The first-order valence-electron chi connectivity index (χ1n) is 7.84. The standard InChI is InChI=1S/C17H25N3O/c1-12(21)19-8-10-20(11-9-19)16-14-7-5-6-13(18-14)15(16)17(2,3)4/h5-7,15-16H,8-11H2,1-4H3. The molecule has 114 valence electrons. The van der Waals surface area contributed by atoms with Crippen molar-refractivity contribution in [2.24, 2.45) is 5.41 Å². The second-order valence-corrected chi connectivity index (χ2v) is 7.32. The lowest BCUT2D eigenvalue weighted by Crippen LogP contribution is -2.50. The highest BCUT2D eigenvalue weighted by Crippen LogP contribution is 2.49. The van der Waals surface area contributed by atoms with Gasteiger partial charge < -0.3 is 4.90 Å². The molecule has 2 unspecified atom stereocenters. The zero-order valence-electron chi connectivity index (χ0n) is 13.5. The smallest absolute Gasteiger partial charge is 0.219 e. The number of amides is 1. The monoisotopic (exact) mass is 287 g/mol. The van der Waals surface area contributed by atoms with Crippen molar-refractivity contribution in [1.29, 1.82) is 0 Å². The lowest BCUT2D eigenvalue weighted by molar-refractivity contribution is -0.131. The molecule has 1 fully saturated rings. The molecule has 0 aromatic carbocycles. The first-order chi connectivity index (χ1) is 9.88. The van der Waals surface area contributed by atoms with Gasteiger partial charge in [0.2, 0.25) is 5.91 Å². The normalized spacial score (nSPS) is 26.2. The van der Waals surface area contributed by atoms with E-state index in [-0.39, 0.29) is 11.3 Å². The molecule has 1 aromatic rings. The van der Waals surface area contributed by atoms with Crippen LogP contribution in [0.15, 0.2) is 18.2 Å². The van der Waals surface area contributed by atoms with Crippen molar-refractivity contribution in [3.8, 4) is 0 Å². The van der Waals surface area contributed by atoms with E-state index in [0.717, 1.165) is 26.2 Å². The van der Waals surface area contributed by atoms with E-state index in [9.17, 15) is 4.79 Å². The maximum Gasteiger partial charge on any atom is 0.219 e. The summed E-state index contributed by atoms with van der Waals surface area (Å²) >= 11 is 0. The van der Waals surface area contributed by atoms with Crippen molar-refractivity contribution in [1.82, 2.24) is 14.8 Å². The quantitative estimate of drug-likeness (QED) is 0.796. The Morgan fingerprint density at radius 3 is 2.33 bits per heavy atom. The van der Waals surface area contributed by atoms with Crippen molar-refractivity contribution in [3.63, 3.8) is 0 Å². The van der Waals surface area contributed by atoms with Gasteiger partial charge in [-0.15, -0.1) is 0 Å². The van der Waals surface area contributed by atoms with Crippen LogP contribution in [0.3, 0.4) is 0 Å². The Hall–Kier alpha value is -1.42. The van der Waals surface area contributed by atoms with Gasteiger partial charge >= 0.3 is 0 Å². The third kappa shape index (κ3) is 2.57. The molecule has 2 aliphatic heterocycles. The van der Waals surface area contributed by atoms with Gasteiger partial charge in [-0.1, -0.05) is 26.8 Å². The van der Waals surface area contributed by atoms with E-state index in [1.54, 1.807) is 6.92 Å². The minimum absolute atomic E-state index is 0.186. The van der Waals surface area contributed by atoms with E-state index in [1.165, 1.54) is 11.4 Å². The molecule has 4 nitrogen and oxygen atoms in total. The van der Waals surface area contributed by atoms with Crippen LogP contribution in [0.25, 0.3) is 0 Å². The van der Waals surface area contributed by atoms with Gasteiger partial charge in [0.15, 0.2) is 0 Å². The highest BCUT2D eigenvalue weighted by molar-refractivity contribution is 5.73. The SMILES string of the molecule is CC(=O)N1CCN(C2c3cccc(n3)C2C(C)(C)C)CC1. The fourth-order valence-corrected chi connectivity index (χ4v) is 3.77. The molecule has 1 aromatic heterocycles. The number of carbonyl (C=O) groups is 1. The van der Waals surface area contributed by atoms with Crippen LogP contribution in [0.2, 0.25) is 0 Å². The molecular weight excluding hydrogens is 262 g/mol. The van der Waals surface area contributed by atoms with Gasteiger partial charge in [-0.25, -0.2) is 0 Å². The predicted octanol–water partition coefficient (Wildman–Crippen LogP) is 2.43. The van der Waals surface area contributed by atoms with Crippen LogP contribution in [-0.2, 0) is 4.79 Å². The summed E-state index contributed by atoms with van der Waals surface area (Å²) in [5, 5.41) is 0. The summed E-state index contributed by atoms with van der Waals surface area (Å²) in [6, 6.07) is 6.80. The predicted molar refractivity (Wildman–Crippen MR) is 83.0 cm³/mol. The van der Waals surface area contributed by atoms with E-state index < -0.39 is 0 Å². The fraction of sp³-hybridized carbons (Fsp3) is 0.647. The Morgan fingerprint density at radius 2 is 1.76 bits per heavy atom. The molecule has 0 N–H and O–H groups in total. The minimum atomic E-state index is 0.186. The van der Waals surface area contributed by atoms with Gasteiger partial charge in [-0.3, -0.25) is 14.7 Å². The van der Waals surface area contributed by atoms with Crippen LogP contribution in [0, 0.1) is 5.41 Å². The Labute approximate surface area is 127 Å². The van der Waals surface area contributed by atoms with Gasteiger partial charge in [0.25, 0.3) is 0 Å². The zero-order chi connectivity index (χ0) is 15.2. The Bertz CT molecular complexity index is 541. The second-order valence-electron chi connectivity index (χ2n) is 7.32. The molecule has 0 aliphatic carbocycles. The van der Waals surface area contributed by atoms with Crippen molar-refractivity contribution >= 4 is 5.91 Å². The lowest BCUT2D eigenvalue weighted by Gasteiger charge is -2.42. The van der Waals surface area contributed by atoms with E-state index in [4.69, 9.17) is 4.98 Å². The van der Waals surface area contributed by atoms with Gasteiger partial charge in [0.1, 0.15) is 0 Å². The van der Waals surface area contributed by atoms with Crippen molar-refractivity contribution < 1.29 is 4.79 Å². The number of aromatic nitrogens is 1. The number of fused-ring (bicyclic) bond motifs is 2. The van der Waals surface area contributed by atoms with Gasteiger partial charge in [-0.2, -0.15) is 0 Å². The molecule has 2 bridgehead atoms. The highest BCUT2D eigenvalue weighted by atomic mass is 16.2. The maximum atomic E-state index is 11.5. The van der Waals surface area contributed by atoms with Gasteiger partial charge in [0.05, 0.1) is 11.7 Å². The van der Waals surface area contributed by atoms with E-state index in [1.807, 2.05) is 4.90 Å². The molecular formula is C17H25N3O. The number of hydrogen-bond donors (Lipinski definition) is 0. The van der Waals surface area contributed by atoms with Crippen molar-refractivity contribution in [2.75, 3.05) is 26.2 Å². The molecule has 21 heavy (non-hydrogen) atoms. The van der Waals surface area contributed by atoms with Crippen LogP contribution < -0.4 is 0 Å². The van der Waals surface area contributed by atoms with E-state index in [2.05, 4.69) is 43.9 Å². The first kappa shape index (κ1) is 14.5. The van der Waals surface area contributed by atoms with Crippen molar-refractivity contribution in [2.45, 2.75) is 39.7 Å².